The molecule has 1 heterocycles. The third-order valence-corrected chi connectivity index (χ3v) is 6.76. The van der Waals surface area contributed by atoms with Gasteiger partial charge in [0.15, 0.2) is 0 Å². The first-order chi connectivity index (χ1) is 11.7. The number of para-hydroxylation sites is 1. The van der Waals surface area contributed by atoms with Crippen molar-refractivity contribution in [2.24, 2.45) is 23.2 Å². The van der Waals surface area contributed by atoms with E-state index in [2.05, 4.69) is 11.4 Å². The van der Waals surface area contributed by atoms with Crippen LogP contribution >= 0.6 is 0 Å². The predicted molar refractivity (Wildman–Crippen MR) is 93.5 cm³/mol. The van der Waals surface area contributed by atoms with Gasteiger partial charge in [-0.25, -0.2) is 0 Å². The molecule has 1 aromatic heterocycles. The van der Waals surface area contributed by atoms with Crippen LogP contribution in [0.15, 0.2) is 34.9 Å². The molecule has 0 saturated heterocycles. The van der Waals surface area contributed by atoms with Crippen molar-refractivity contribution < 1.29 is 9.21 Å². The highest BCUT2D eigenvalue weighted by Gasteiger charge is 2.54. The van der Waals surface area contributed by atoms with E-state index in [1.807, 2.05) is 24.5 Å². The SMILES string of the molecule is O=C(NCCc1coc2ccccc12)C12CC3CC(CC(C3)C1)C2. The highest BCUT2D eigenvalue weighted by atomic mass is 16.3. The Labute approximate surface area is 142 Å². The second kappa shape index (κ2) is 5.37. The van der Waals surface area contributed by atoms with E-state index < -0.39 is 0 Å². The molecule has 0 atom stereocenters. The van der Waals surface area contributed by atoms with Crippen molar-refractivity contribution >= 4 is 16.9 Å². The number of amides is 1. The Hall–Kier alpha value is -1.77. The summed E-state index contributed by atoms with van der Waals surface area (Å²) in [5, 5.41) is 4.43. The van der Waals surface area contributed by atoms with Crippen LogP contribution in [0.25, 0.3) is 11.0 Å². The first-order valence-corrected chi connectivity index (χ1v) is 9.45. The Morgan fingerprint density at radius 1 is 1.08 bits per heavy atom. The quantitative estimate of drug-likeness (QED) is 0.911. The molecule has 6 rings (SSSR count). The van der Waals surface area contributed by atoms with Gasteiger partial charge < -0.3 is 9.73 Å². The first kappa shape index (κ1) is 14.6. The van der Waals surface area contributed by atoms with Crippen LogP contribution in [0.5, 0.6) is 0 Å². The number of nitrogens with one attached hydrogen (secondary N) is 1. The van der Waals surface area contributed by atoms with Gasteiger partial charge in [0.1, 0.15) is 5.58 Å². The predicted octanol–water partition coefficient (Wildman–Crippen LogP) is 4.31. The molecule has 0 spiro atoms. The summed E-state index contributed by atoms with van der Waals surface area (Å²) in [5.41, 5.74) is 2.09. The average molecular weight is 323 g/mol. The molecular weight excluding hydrogens is 298 g/mol. The van der Waals surface area contributed by atoms with Gasteiger partial charge in [0.2, 0.25) is 5.91 Å². The number of carbonyl (C=O) groups excluding carboxylic acids is 1. The molecule has 24 heavy (non-hydrogen) atoms. The van der Waals surface area contributed by atoms with Gasteiger partial charge >= 0.3 is 0 Å². The van der Waals surface area contributed by atoms with Crippen LogP contribution < -0.4 is 5.32 Å². The lowest BCUT2D eigenvalue weighted by Gasteiger charge is -2.55. The second-order valence-electron chi connectivity index (χ2n) is 8.46. The van der Waals surface area contributed by atoms with Crippen molar-refractivity contribution in [2.75, 3.05) is 6.54 Å². The molecule has 4 bridgehead atoms. The van der Waals surface area contributed by atoms with E-state index >= 15 is 0 Å². The molecule has 0 aliphatic heterocycles. The van der Waals surface area contributed by atoms with E-state index in [9.17, 15) is 4.79 Å². The summed E-state index contributed by atoms with van der Waals surface area (Å²) < 4.78 is 5.59. The molecule has 4 aliphatic rings. The van der Waals surface area contributed by atoms with Crippen LogP contribution in [-0.2, 0) is 11.2 Å². The summed E-state index contributed by atoms with van der Waals surface area (Å²) in [6, 6.07) is 8.11. The summed E-state index contributed by atoms with van der Waals surface area (Å²) in [6.07, 6.45) is 10.2. The molecular formula is C21H25NO2. The van der Waals surface area contributed by atoms with E-state index in [1.165, 1.54) is 30.2 Å². The minimum absolute atomic E-state index is 0.0345. The number of rotatable bonds is 4. The lowest BCUT2D eigenvalue weighted by atomic mass is 9.49. The highest BCUT2D eigenvalue weighted by molar-refractivity contribution is 5.83. The van der Waals surface area contributed by atoms with Crippen molar-refractivity contribution in [1.82, 2.24) is 5.32 Å². The van der Waals surface area contributed by atoms with E-state index in [-0.39, 0.29) is 5.41 Å². The Bertz CT molecular complexity index is 740. The summed E-state index contributed by atoms with van der Waals surface area (Å²) in [4.78, 5) is 13.0. The number of hydrogen-bond donors (Lipinski definition) is 1. The van der Waals surface area contributed by atoms with Crippen molar-refractivity contribution in [1.29, 1.82) is 0 Å². The van der Waals surface area contributed by atoms with Gasteiger partial charge in [-0.15, -0.1) is 0 Å². The summed E-state index contributed by atoms with van der Waals surface area (Å²) >= 11 is 0. The smallest absolute Gasteiger partial charge is 0.226 e. The Balaban J connectivity index is 1.25. The normalized spacial score (nSPS) is 33.9. The molecule has 0 unspecified atom stereocenters. The van der Waals surface area contributed by atoms with Crippen LogP contribution in [0, 0.1) is 23.2 Å². The molecule has 3 heteroatoms. The number of benzene rings is 1. The summed E-state index contributed by atoms with van der Waals surface area (Å²) in [7, 11) is 0. The summed E-state index contributed by atoms with van der Waals surface area (Å²) in [6.45, 7) is 0.712. The van der Waals surface area contributed by atoms with E-state index in [0.717, 1.165) is 49.0 Å². The van der Waals surface area contributed by atoms with Crippen molar-refractivity contribution in [3.8, 4) is 0 Å². The van der Waals surface area contributed by atoms with E-state index in [4.69, 9.17) is 4.42 Å². The molecule has 1 amide bonds. The fraction of sp³-hybridized carbons (Fsp3) is 0.571. The first-order valence-electron chi connectivity index (χ1n) is 9.45. The van der Waals surface area contributed by atoms with Crippen LogP contribution in [-0.4, -0.2) is 12.5 Å². The maximum absolute atomic E-state index is 13.0. The van der Waals surface area contributed by atoms with Crippen LogP contribution in [0.3, 0.4) is 0 Å². The molecule has 4 fully saturated rings. The van der Waals surface area contributed by atoms with Gasteiger partial charge in [0, 0.05) is 17.3 Å². The molecule has 1 aromatic carbocycles. The van der Waals surface area contributed by atoms with E-state index in [1.54, 1.807) is 0 Å². The maximum Gasteiger partial charge on any atom is 0.226 e. The van der Waals surface area contributed by atoms with Crippen molar-refractivity contribution in [3.05, 3.63) is 36.1 Å². The topological polar surface area (TPSA) is 42.2 Å². The Morgan fingerprint density at radius 3 is 2.46 bits per heavy atom. The average Bonchev–Trinajstić information content (AvgIpc) is 2.97. The molecule has 126 valence electrons. The lowest BCUT2D eigenvalue weighted by molar-refractivity contribution is -0.146. The highest BCUT2D eigenvalue weighted by Crippen LogP contribution is 2.60. The zero-order valence-electron chi connectivity index (χ0n) is 14.1. The Kier molecular flexibility index (Phi) is 3.26. The van der Waals surface area contributed by atoms with Gasteiger partial charge in [-0.2, -0.15) is 0 Å². The van der Waals surface area contributed by atoms with Gasteiger partial charge in [-0.3, -0.25) is 4.79 Å². The van der Waals surface area contributed by atoms with Crippen LogP contribution in [0.2, 0.25) is 0 Å². The number of hydrogen-bond acceptors (Lipinski definition) is 2. The van der Waals surface area contributed by atoms with Gasteiger partial charge in [0.05, 0.1) is 6.26 Å². The largest absolute Gasteiger partial charge is 0.464 e. The number of carbonyl (C=O) groups is 1. The van der Waals surface area contributed by atoms with E-state index in [0.29, 0.717) is 12.5 Å². The molecule has 4 aliphatic carbocycles. The Morgan fingerprint density at radius 2 is 1.75 bits per heavy atom. The monoisotopic (exact) mass is 323 g/mol. The van der Waals surface area contributed by atoms with Gasteiger partial charge in [0.25, 0.3) is 0 Å². The maximum atomic E-state index is 13.0. The molecule has 0 radical (unpaired) electrons. The van der Waals surface area contributed by atoms with Crippen LogP contribution in [0.4, 0.5) is 0 Å². The number of fused-ring (bicyclic) bond motifs is 1. The van der Waals surface area contributed by atoms with Gasteiger partial charge in [-0.1, -0.05) is 18.2 Å². The standard InChI is InChI=1S/C21H25NO2/c23-20(21-10-14-7-15(11-21)9-16(8-14)12-21)22-6-5-17-13-24-19-4-2-1-3-18(17)19/h1-4,13-16H,5-12H2,(H,22,23). The third-order valence-electron chi connectivity index (χ3n) is 6.76. The minimum atomic E-state index is -0.0345. The van der Waals surface area contributed by atoms with Gasteiger partial charge in [-0.05, 0) is 74.3 Å². The number of furan rings is 1. The van der Waals surface area contributed by atoms with Crippen molar-refractivity contribution in [3.63, 3.8) is 0 Å². The molecule has 4 saturated carbocycles. The zero-order valence-corrected chi connectivity index (χ0v) is 14.1. The second-order valence-corrected chi connectivity index (χ2v) is 8.46. The summed E-state index contributed by atoms with van der Waals surface area (Å²) in [5.74, 6) is 2.79. The zero-order chi connectivity index (χ0) is 16.1. The molecule has 1 N–H and O–H groups in total. The molecule has 3 nitrogen and oxygen atoms in total. The molecule has 2 aromatic rings. The minimum Gasteiger partial charge on any atom is -0.464 e. The fourth-order valence-corrected chi connectivity index (χ4v) is 6.11. The third kappa shape index (κ3) is 2.28. The fourth-order valence-electron chi connectivity index (χ4n) is 6.11. The van der Waals surface area contributed by atoms with Crippen molar-refractivity contribution in [2.45, 2.75) is 44.9 Å². The lowest BCUT2D eigenvalue weighted by Crippen LogP contribution is -2.53. The van der Waals surface area contributed by atoms with Crippen LogP contribution in [0.1, 0.15) is 44.1 Å².